The van der Waals surface area contributed by atoms with E-state index in [1.807, 2.05) is 107 Å². The molecule has 18 heteroatoms. The molecule has 7 rings (SSSR count). The predicted molar refractivity (Wildman–Crippen MR) is 274 cm³/mol. The Balaban J connectivity index is 1.16. The number of hydroxylamine groups is 2. The lowest BCUT2D eigenvalue weighted by atomic mass is 9.80. The first-order valence-electron chi connectivity index (χ1n) is 24.8. The number of carbonyl (C=O) groups excluding carboxylic acids is 2. The van der Waals surface area contributed by atoms with E-state index in [0.29, 0.717) is 35.5 Å². The maximum Gasteiger partial charge on any atom is 0.330 e. The minimum atomic E-state index is -1.87. The lowest BCUT2D eigenvalue weighted by molar-refractivity contribution is -0.0977. The van der Waals surface area contributed by atoms with Crippen molar-refractivity contribution in [2.24, 2.45) is 0 Å². The fraction of sp³-hybridized carbons (Fsp3) is 0.436. The van der Waals surface area contributed by atoms with Crippen molar-refractivity contribution in [1.82, 2.24) is 19.3 Å². The Kier molecular flexibility index (Phi) is 19.7. The lowest BCUT2D eigenvalue weighted by Gasteiger charge is -2.39. The molecule has 1 saturated heterocycles. The monoisotopic (exact) mass is 1020 g/mol. The fourth-order valence-corrected chi connectivity index (χ4v) is 11.0. The number of ether oxygens (including phenoxy) is 5. The maximum absolute atomic E-state index is 13.7. The smallest absolute Gasteiger partial charge is 0.330 e. The number of nitrogens with one attached hydrogen (secondary N) is 1. The zero-order chi connectivity index (χ0) is 51.9. The van der Waals surface area contributed by atoms with Crippen LogP contribution in [0, 0.1) is 11.3 Å². The van der Waals surface area contributed by atoms with Gasteiger partial charge < -0.3 is 32.7 Å². The molecule has 2 amide bonds. The molecule has 0 radical (unpaired) electrons. The van der Waals surface area contributed by atoms with Crippen LogP contribution in [0.5, 0.6) is 11.5 Å². The third-order valence-electron chi connectivity index (χ3n) is 12.7. The fourth-order valence-electron chi connectivity index (χ4n) is 9.25. The summed E-state index contributed by atoms with van der Waals surface area (Å²) in [7, 11) is 1.36. The number of hydrogen-bond donors (Lipinski definition) is 1. The van der Waals surface area contributed by atoms with E-state index in [9.17, 15) is 24.4 Å². The highest BCUT2D eigenvalue weighted by Crippen LogP contribution is 2.51. The van der Waals surface area contributed by atoms with Gasteiger partial charge in [-0.25, -0.2) is 9.46 Å². The zero-order valence-electron chi connectivity index (χ0n) is 42.3. The summed E-state index contributed by atoms with van der Waals surface area (Å²) in [5, 5.41) is 10.4. The number of rotatable bonds is 28. The second kappa shape index (κ2) is 26.2. The number of benzene rings is 4. The number of nitriles is 1. The normalized spacial score (nSPS) is 18.2. The SMILES string of the molecule is COc1ccc(C(OC[C@H]2O[C@@H](n3ccc(=O)[nH]c3=O)C(OCCCCCCCCON3C(=O)c4ccccc4C3=O)C2OP(OCCC#N)N(C(C)C)C(C)C)(c2ccccc2)c2ccc(OC)cc2)cc1. The molecule has 17 nitrogen and oxygen atoms in total. The van der Waals surface area contributed by atoms with Gasteiger partial charge in [0.1, 0.15) is 35.4 Å². The van der Waals surface area contributed by atoms with E-state index in [1.165, 1.54) is 16.8 Å². The lowest BCUT2D eigenvalue weighted by Crippen LogP contribution is -2.43. The van der Waals surface area contributed by atoms with E-state index < -0.39 is 61.7 Å². The molecule has 0 aliphatic carbocycles. The Hall–Kier alpha value is -6.06. The Morgan fingerprint density at radius 3 is 1.79 bits per heavy atom. The molecular formula is C55H66N5O12P. The molecule has 73 heavy (non-hydrogen) atoms. The van der Waals surface area contributed by atoms with Crippen molar-refractivity contribution in [3.63, 3.8) is 0 Å². The largest absolute Gasteiger partial charge is 0.497 e. The van der Waals surface area contributed by atoms with Gasteiger partial charge in [-0.1, -0.05) is 92.4 Å². The van der Waals surface area contributed by atoms with Crippen molar-refractivity contribution in [3.05, 3.63) is 164 Å². The molecule has 3 heterocycles. The van der Waals surface area contributed by atoms with Crippen LogP contribution >= 0.6 is 8.53 Å². The van der Waals surface area contributed by atoms with Gasteiger partial charge in [-0.2, -0.15) is 5.26 Å². The predicted octanol–water partition coefficient (Wildman–Crippen LogP) is 9.07. The Labute approximate surface area is 427 Å². The number of hydrogen-bond acceptors (Lipinski definition) is 14. The first-order chi connectivity index (χ1) is 35.4. The number of unbranched alkanes of at least 4 members (excludes halogenated alkanes) is 5. The van der Waals surface area contributed by atoms with Crippen molar-refractivity contribution in [2.75, 3.05) is 40.6 Å². The number of nitrogens with zero attached hydrogens (tertiary/aromatic N) is 4. The van der Waals surface area contributed by atoms with Gasteiger partial charge in [0, 0.05) is 31.0 Å². The second-order valence-corrected chi connectivity index (χ2v) is 19.7. The Morgan fingerprint density at radius 2 is 1.25 bits per heavy atom. The number of carbonyl (C=O) groups is 2. The zero-order valence-corrected chi connectivity index (χ0v) is 43.2. The van der Waals surface area contributed by atoms with Crippen LogP contribution in [0.1, 0.15) is 116 Å². The molecule has 0 saturated carbocycles. The number of methoxy groups -OCH3 is 2. The van der Waals surface area contributed by atoms with Gasteiger partial charge in [-0.05, 0) is 93.6 Å². The highest BCUT2D eigenvalue weighted by atomic mass is 31.2. The molecule has 1 aromatic heterocycles. The van der Waals surface area contributed by atoms with Crippen molar-refractivity contribution >= 4 is 20.3 Å². The average molecular weight is 1020 g/mol. The highest BCUT2D eigenvalue weighted by molar-refractivity contribution is 7.44. The quantitative estimate of drug-likeness (QED) is 0.0216. The molecule has 1 fully saturated rings. The van der Waals surface area contributed by atoms with Crippen molar-refractivity contribution < 1.29 is 47.2 Å². The highest BCUT2D eigenvalue weighted by Gasteiger charge is 2.51. The summed E-state index contributed by atoms with van der Waals surface area (Å²) in [5.41, 5.74) is 0.606. The summed E-state index contributed by atoms with van der Waals surface area (Å²) in [5.74, 6) is 0.433. The number of fused-ring (bicyclic) bond motifs is 1. The minimum absolute atomic E-state index is 0.0352. The van der Waals surface area contributed by atoms with E-state index in [0.717, 1.165) is 47.4 Å². The third kappa shape index (κ3) is 13.0. The first-order valence-corrected chi connectivity index (χ1v) is 26.0. The van der Waals surface area contributed by atoms with Gasteiger partial charge in [-0.15, -0.1) is 5.06 Å². The van der Waals surface area contributed by atoms with E-state index in [-0.39, 0.29) is 44.9 Å². The molecule has 0 bridgehead atoms. The van der Waals surface area contributed by atoms with Crippen LogP contribution in [-0.2, 0) is 33.7 Å². The van der Waals surface area contributed by atoms with Crippen LogP contribution in [-0.4, -0.2) is 102 Å². The Bertz CT molecular complexity index is 2640. The van der Waals surface area contributed by atoms with Crippen LogP contribution in [0.2, 0.25) is 0 Å². The Morgan fingerprint density at radius 1 is 0.699 bits per heavy atom. The third-order valence-corrected chi connectivity index (χ3v) is 14.9. The molecule has 2 aliphatic rings. The number of imide groups is 1. The number of amides is 2. The molecule has 1 N–H and O–H groups in total. The van der Waals surface area contributed by atoms with Gasteiger partial charge >= 0.3 is 5.69 Å². The number of H-pyrrole nitrogens is 1. The summed E-state index contributed by atoms with van der Waals surface area (Å²) in [4.78, 5) is 59.5. The number of aromatic amines is 1. The van der Waals surface area contributed by atoms with Gasteiger partial charge in [0.25, 0.3) is 25.9 Å². The molecule has 0 spiro atoms. The van der Waals surface area contributed by atoms with Gasteiger partial charge in [0.2, 0.25) is 0 Å². The summed E-state index contributed by atoms with van der Waals surface area (Å²) < 4.78 is 49.4. The van der Waals surface area contributed by atoms with Crippen LogP contribution in [0.3, 0.4) is 0 Å². The first kappa shape index (κ1) is 54.7. The molecule has 4 aromatic carbocycles. The standard InChI is InChI=1S/C55H66N5O12P/c1-38(2)60(39(3)4)73(70-36-18-32-56)72-49-47(37-68-55(40-19-12-11-13-20-40,41-23-27-43(65-5)28-24-41)42-25-29-44(66-6)30-26-42)71-53(58-33-31-48(61)57-54(58)64)50(49)67-34-16-9-7-8-10-17-35-69-59-51(62)45-21-14-15-22-46(45)52(59)63/h11-15,19-31,33,38-39,47,49-50,53H,7-10,16-18,34-37H2,1-6H3,(H,57,61,64)/t47-,49?,50?,53-,73?/m1/s1. The van der Waals surface area contributed by atoms with Gasteiger partial charge in [-0.3, -0.25) is 28.8 Å². The van der Waals surface area contributed by atoms with Crippen LogP contribution in [0.15, 0.2) is 125 Å². The van der Waals surface area contributed by atoms with Crippen molar-refractivity contribution in [2.45, 2.75) is 115 Å². The summed E-state index contributed by atoms with van der Waals surface area (Å²) in [6.45, 7) is 8.73. The molecule has 388 valence electrons. The van der Waals surface area contributed by atoms with Crippen LogP contribution in [0.4, 0.5) is 0 Å². The van der Waals surface area contributed by atoms with Gasteiger partial charge in [0.15, 0.2) is 6.23 Å². The molecule has 5 atom stereocenters. The van der Waals surface area contributed by atoms with E-state index >= 15 is 0 Å². The van der Waals surface area contributed by atoms with Crippen LogP contribution < -0.4 is 20.7 Å². The summed E-state index contributed by atoms with van der Waals surface area (Å²) in [6, 6.07) is 35.3. The minimum Gasteiger partial charge on any atom is -0.497 e. The molecule has 3 unspecified atom stereocenters. The van der Waals surface area contributed by atoms with Gasteiger partial charge in [0.05, 0.1) is 57.7 Å². The average Bonchev–Trinajstić information content (AvgIpc) is 3.85. The molecule has 2 aliphatic heterocycles. The summed E-state index contributed by atoms with van der Waals surface area (Å²) in [6.07, 6.45) is 2.43. The maximum atomic E-state index is 13.7. The van der Waals surface area contributed by atoms with E-state index in [4.69, 9.17) is 37.6 Å². The summed E-state index contributed by atoms with van der Waals surface area (Å²) >= 11 is 0. The second-order valence-electron chi connectivity index (χ2n) is 18.3. The molecule has 5 aromatic rings. The molecular weight excluding hydrogens is 954 g/mol. The van der Waals surface area contributed by atoms with Crippen molar-refractivity contribution in [1.29, 1.82) is 5.26 Å². The number of aromatic nitrogens is 2. The topological polar surface area (TPSA) is 193 Å². The van der Waals surface area contributed by atoms with Crippen LogP contribution in [0.25, 0.3) is 0 Å². The van der Waals surface area contributed by atoms with E-state index in [2.05, 4.69) is 15.7 Å². The van der Waals surface area contributed by atoms with E-state index in [1.54, 1.807) is 38.5 Å². The van der Waals surface area contributed by atoms with Crippen molar-refractivity contribution in [3.8, 4) is 17.6 Å².